The van der Waals surface area contributed by atoms with Gasteiger partial charge in [-0.05, 0) is 46.8 Å². The topological polar surface area (TPSA) is 0 Å². The van der Waals surface area contributed by atoms with E-state index in [4.69, 9.17) is 0 Å². The minimum absolute atomic E-state index is 0.561. The molecule has 16 heavy (non-hydrogen) atoms. The van der Waals surface area contributed by atoms with Crippen molar-refractivity contribution in [3.63, 3.8) is 0 Å². The zero-order valence-electron chi connectivity index (χ0n) is 9.64. The normalized spacial score (nSPS) is 19.9. The second-order valence-corrected chi connectivity index (χ2v) is 8.32. The van der Waals surface area contributed by atoms with E-state index in [2.05, 4.69) is 44.8 Å². The molecule has 0 nitrogen and oxygen atoms in total. The fourth-order valence-corrected chi connectivity index (χ4v) is 4.97. The van der Waals surface area contributed by atoms with Crippen LogP contribution in [0.2, 0.25) is 0 Å². The van der Waals surface area contributed by atoms with Crippen LogP contribution in [0.5, 0.6) is 0 Å². The van der Waals surface area contributed by atoms with Gasteiger partial charge in [-0.25, -0.2) is 0 Å². The Kier molecular flexibility index (Phi) is 4.92. The van der Waals surface area contributed by atoms with Crippen molar-refractivity contribution < 1.29 is 0 Å². The zero-order valence-corrected chi connectivity index (χ0v) is 13.6. The van der Waals surface area contributed by atoms with Crippen molar-refractivity contribution >= 4 is 43.2 Å². The molecule has 1 aromatic heterocycles. The summed E-state index contributed by atoms with van der Waals surface area (Å²) in [5, 5.41) is 0. The Balaban J connectivity index is 1.93. The van der Waals surface area contributed by atoms with E-state index in [0.717, 1.165) is 5.92 Å². The third kappa shape index (κ3) is 3.33. The van der Waals surface area contributed by atoms with Crippen molar-refractivity contribution in [2.24, 2.45) is 5.92 Å². The summed E-state index contributed by atoms with van der Waals surface area (Å²) in [6, 6.07) is 2.32. The average molecular weight is 366 g/mol. The molecule has 1 aliphatic rings. The molecule has 2 rings (SSSR count). The molecule has 0 saturated heterocycles. The summed E-state index contributed by atoms with van der Waals surface area (Å²) in [4.78, 5) is 2.04. The van der Waals surface area contributed by atoms with Crippen LogP contribution < -0.4 is 0 Å². The largest absolute Gasteiger partial charge is 0.132 e. The number of aryl methyl sites for hydroxylation is 1. The number of rotatable bonds is 3. The van der Waals surface area contributed by atoms with Gasteiger partial charge in [-0.1, -0.05) is 48.0 Å². The summed E-state index contributed by atoms with van der Waals surface area (Å²) >= 11 is 9.35. The van der Waals surface area contributed by atoms with E-state index in [1.165, 1.54) is 52.8 Å². The van der Waals surface area contributed by atoms with Gasteiger partial charge < -0.3 is 0 Å². The molecular formula is C13H18Br2S. The van der Waals surface area contributed by atoms with Gasteiger partial charge >= 0.3 is 0 Å². The maximum atomic E-state index is 3.86. The minimum atomic E-state index is 0.561. The van der Waals surface area contributed by atoms with Gasteiger partial charge in [0.15, 0.2) is 0 Å². The first-order chi connectivity index (χ1) is 7.66. The molecule has 0 N–H and O–H groups in total. The monoisotopic (exact) mass is 364 g/mol. The summed E-state index contributed by atoms with van der Waals surface area (Å²) in [5.74, 6) is 0.944. The molecule has 1 heterocycles. The molecule has 1 aliphatic carbocycles. The molecule has 0 radical (unpaired) electrons. The summed E-state index contributed by atoms with van der Waals surface area (Å²) in [6.45, 7) is 2.17. The first-order valence-corrected chi connectivity index (χ1v) is 8.59. The molecule has 0 bridgehead atoms. The van der Waals surface area contributed by atoms with Crippen LogP contribution in [0.1, 0.15) is 53.8 Å². The van der Waals surface area contributed by atoms with Crippen LogP contribution in [0.3, 0.4) is 0 Å². The predicted molar refractivity (Wildman–Crippen MR) is 79.6 cm³/mol. The third-order valence-corrected chi connectivity index (χ3v) is 6.87. The van der Waals surface area contributed by atoms with E-state index in [0.29, 0.717) is 4.83 Å². The molecule has 0 aliphatic heterocycles. The van der Waals surface area contributed by atoms with Gasteiger partial charge in [-0.3, -0.25) is 0 Å². The number of alkyl halides is 1. The second-order valence-electron chi connectivity index (χ2n) is 4.81. The van der Waals surface area contributed by atoms with E-state index < -0.39 is 0 Å². The highest BCUT2D eigenvalue weighted by molar-refractivity contribution is 9.11. The van der Waals surface area contributed by atoms with Gasteiger partial charge in [0.2, 0.25) is 0 Å². The second kappa shape index (κ2) is 6.01. The SMILES string of the molecule is Cc1cc(C(Br)CC2CCCCC2)sc1Br. The van der Waals surface area contributed by atoms with Gasteiger partial charge in [0.25, 0.3) is 0 Å². The number of hydrogen-bond donors (Lipinski definition) is 0. The molecule has 1 saturated carbocycles. The van der Waals surface area contributed by atoms with Crippen LogP contribution in [0.25, 0.3) is 0 Å². The van der Waals surface area contributed by atoms with Crippen LogP contribution in [-0.2, 0) is 0 Å². The van der Waals surface area contributed by atoms with Crippen molar-refractivity contribution in [3.8, 4) is 0 Å². The summed E-state index contributed by atoms with van der Waals surface area (Å²) < 4.78 is 1.29. The van der Waals surface area contributed by atoms with Crippen molar-refractivity contribution in [3.05, 3.63) is 20.3 Å². The summed E-state index contributed by atoms with van der Waals surface area (Å²) in [7, 11) is 0. The molecular weight excluding hydrogens is 348 g/mol. The van der Waals surface area contributed by atoms with Gasteiger partial charge in [-0.15, -0.1) is 11.3 Å². The van der Waals surface area contributed by atoms with E-state index in [9.17, 15) is 0 Å². The molecule has 1 aromatic rings. The number of thiophene rings is 1. The number of halogens is 2. The molecule has 3 heteroatoms. The lowest BCUT2D eigenvalue weighted by Gasteiger charge is -2.23. The molecule has 0 aromatic carbocycles. The lowest BCUT2D eigenvalue weighted by atomic mass is 9.86. The Morgan fingerprint density at radius 1 is 1.38 bits per heavy atom. The van der Waals surface area contributed by atoms with E-state index in [1.54, 1.807) is 0 Å². The lowest BCUT2D eigenvalue weighted by Crippen LogP contribution is -2.08. The maximum absolute atomic E-state index is 3.86. The first kappa shape index (κ1) is 13.1. The highest BCUT2D eigenvalue weighted by Gasteiger charge is 2.19. The van der Waals surface area contributed by atoms with Crippen LogP contribution in [0, 0.1) is 12.8 Å². The van der Waals surface area contributed by atoms with Gasteiger partial charge in [0, 0.05) is 9.70 Å². The lowest BCUT2D eigenvalue weighted by molar-refractivity contribution is 0.339. The van der Waals surface area contributed by atoms with Crippen molar-refractivity contribution in [2.45, 2.75) is 50.3 Å². The summed E-state index contributed by atoms with van der Waals surface area (Å²) in [5.41, 5.74) is 1.37. The maximum Gasteiger partial charge on any atom is 0.0730 e. The van der Waals surface area contributed by atoms with Gasteiger partial charge in [-0.2, -0.15) is 0 Å². The van der Waals surface area contributed by atoms with E-state index in [1.807, 2.05) is 11.3 Å². The standard InChI is InChI=1S/C13H18Br2S/c1-9-7-12(16-13(9)15)11(14)8-10-5-3-2-4-6-10/h7,10-11H,2-6,8H2,1H3. The first-order valence-electron chi connectivity index (χ1n) is 6.06. The Bertz CT molecular complexity index is 320. The predicted octanol–water partition coefficient (Wildman–Crippen LogP) is 6.23. The molecule has 1 fully saturated rings. The smallest absolute Gasteiger partial charge is 0.0730 e. The van der Waals surface area contributed by atoms with Crippen LogP contribution in [0.15, 0.2) is 9.85 Å². The minimum Gasteiger partial charge on any atom is -0.132 e. The van der Waals surface area contributed by atoms with Crippen molar-refractivity contribution in [1.29, 1.82) is 0 Å². The third-order valence-electron chi connectivity index (χ3n) is 3.45. The van der Waals surface area contributed by atoms with Crippen LogP contribution in [-0.4, -0.2) is 0 Å². The van der Waals surface area contributed by atoms with Gasteiger partial charge in [0.05, 0.1) is 3.79 Å². The van der Waals surface area contributed by atoms with Crippen LogP contribution in [0.4, 0.5) is 0 Å². The van der Waals surface area contributed by atoms with E-state index >= 15 is 0 Å². The highest BCUT2D eigenvalue weighted by atomic mass is 79.9. The van der Waals surface area contributed by atoms with E-state index in [-0.39, 0.29) is 0 Å². The quantitative estimate of drug-likeness (QED) is 0.557. The summed E-state index contributed by atoms with van der Waals surface area (Å²) in [6.07, 6.45) is 8.52. The average Bonchev–Trinajstić information content (AvgIpc) is 2.61. The Morgan fingerprint density at radius 3 is 2.62 bits per heavy atom. The van der Waals surface area contributed by atoms with Crippen molar-refractivity contribution in [2.75, 3.05) is 0 Å². The van der Waals surface area contributed by atoms with Crippen molar-refractivity contribution in [1.82, 2.24) is 0 Å². The molecule has 0 amide bonds. The fraction of sp³-hybridized carbons (Fsp3) is 0.692. The molecule has 90 valence electrons. The Labute approximate surface area is 119 Å². The Morgan fingerprint density at radius 2 is 2.06 bits per heavy atom. The highest BCUT2D eigenvalue weighted by Crippen LogP contribution is 2.41. The fourth-order valence-electron chi connectivity index (χ4n) is 2.47. The molecule has 0 spiro atoms. The van der Waals surface area contributed by atoms with Crippen LogP contribution >= 0.6 is 43.2 Å². The zero-order chi connectivity index (χ0) is 11.5. The molecule has 1 atom stereocenters. The molecule has 1 unspecified atom stereocenters. The Hall–Kier alpha value is 0.660. The van der Waals surface area contributed by atoms with Gasteiger partial charge in [0.1, 0.15) is 0 Å². The number of hydrogen-bond acceptors (Lipinski definition) is 1.